The molecule has 1 aliphatic rings. The summed E-state index contributed by atoms with van der Waals surface area (Å²) in [6.45, 7) is 7.40. The number of fused-ring (bicyclic) bond motifs is 1. The van der Waals surface area contributed by atoms with Gasteiger partial charge in [-0.2, -0.15) is 0 Å². The summed E-state index contributed by atoms with van der Waals surface area (Å²) in [5.41, 5.74) is 4.11. The molecule has 0 bridgehead atoms. The normalized spacial score (nSPS) is 13.3. The summed E-state index contributed by atoms with van der Waals surface area (Å²) in [7, 11) is 0. The molecule has 7 heteroatoms. The summed E-state index contributed by atoms with van der Waals surface area (Å²) in [5.74, 6) is 0.259. The summed E-state index contributed by atoms with van der Waals surface area (Å²) < 4.78 is 7.67. The monoisotopic (exact) mass is 404 g/mol. The first-order valence-electron chi connectivity index (χ1n) is 10.0. The molecule has 3 aromatic rings. The third-order valence-electron chi connectivity index (χ3n) is 5.18. The predicted molar refractivity (Wildman–Crippen MR) is 113 cm³/mol. The Morgan fingerprint density at radius 2 is 1.87 bits per heavy atom. The maximum Gasteiger partial charge on any atom is 0.299 e. The molecule has 4 rings (SSSR count). The summed E-state index contributed by atoms with van der Waals surface area (Å²) >= 11 is 0. The number of ether oxygens (including phenoxy) is 1. The lowest BCUT2D eigenvalue weighted by atomic mass is 10.0. The van der Waals surface area contributed by atoms with Crippen LogP contribution in [-0.2, 0) is 17.9 Å². The van der Waals surface area contributed by atoms with Gasteiger partial charge in [0.25, 0.3) is 11.7 Å². The van der Waals surface area contributed by atoms with Crippen LogP contribution in [0, 0.1) is 6.92 Å². The van der Waals surface area contributed by atoms with Gasteiger partial charge in [-0.25, -0.2) is 0 Å². The van der Waals surface area contributed by atoms with Gasteiger partial charge in [-0.15, -0.1) is 5.10 Å². The van der Waals surface area contributed by atoms with Crippen LogP contribution >= 0.6 is 0 Å². The van der Waals surface area contributed by atoms with Gasteiger partial charge in [0.1, 0.15) is 18.1 Å². The van der Waals surface area contributed by atoms with Gasteiger partial charge in [-0.1, -0.05) is 43.3 Å². The first kappa shape index (κ1) is 19.8. The van der Waals surface area contributed by atoms with Crippen molar-refractivity contribution in [3.63, 3.8) is 0 Å². The number of aromatic nitrogens is 3. The molecule has 0 N–H and O–H groups in total. The topological polar surface area (TPSA) is 77.3 Å². The van der Waals surface area contributed by atoms with Gasteiger partial charge in [0, 0.05) is 6.54 Å². The third-order valence-corrected chi connectivity index (χ3v) is 5.18. The molecule has 1 amide bonds. The van der Waals surface area contributed by atoms with Crippen LogP contribution in [0.3, 0.4) is 0 Å². The van der Waals surface area contributed by atoms with Gasteiger partial charge in [-0.05, 0) is 42.2 Å². The van der Waals surface area contributed by atoms with E-state index in [2.05, 4.69) is 36.3 Å². The highest BCUT2D eigenvalue weighted by atomic mass is 16.5. The molecule has 0 aliphatic carbocycles. The van der Waals surface area contributed by atoms with Crippen molar-refractivity contribution in [3.05, 3.63) is 71.0 Å². The number of carbonyl (C=O) groups is 2. The molecular formula is C23H24N4O3. The van der Waals surface area contributed by atoms with Crippen LogP contribution in [0.25, 0.3) is 0 Å². The first-order chi connectivity index (χ1) is 14.4. The fraction of sp³-hybridized carbons (Fsp3) is 0.304. The Morgan fingerprint density at radius 1 is 1.07 bits per heavy atom. The smallest absolute Gasteiger partial charge is 0.299 e. The number of ketones is 1. The maximum absolute atomic E-state index is 12.3. The molecule has 0 radical (unpaired) electrons. The second kappa shape index (κ2) is 8.10. The molecule has 154 valence electrons. The Hall–Kier alpha value is -3.48. The van der Waals surface area contributed by atoms with Crippen LogP contribution in [0.2, 0.25) is 0 Å². The third kappa shape index (κ3) is 3.83. The molecule has 0 fully saturated rings. The molecule has 1 aliphatic heterocycles. The van der Waals surface area contributed by atoms with Gasteiger partial charge >= 0.3 is 0 Å². The van der Waals surface area contributed by atoms with E-state index in [4.69, 9.17) is 4.74 Å². The van der Waals surface area contributed by atoms with Crippen molar-refractivity contribution in [3.8, 4) is 5.75 Å². The lowest BCUT2D eigenvalue weighted by Gasteiger charge is -2.15. The molecule has 0 unspecified atom stereocenters. The molecule has 2 heterocycles. The molecule has 0 spiro atoms. The zero-order chi connectivity index (χ0) is 21.3. The summed E-state index contributed by atoms with van der Waals surface area (Å²) in [5, 5.41) is 8.30. The zero-order valence-electron chi connectivity index (χ0n) is 17.3. The Morgan fingerprint density at radius 3 is 2.67 bits per heavy atom. The van der Waals surface area contributed by atoms with E-state index in [1.165, 1.54) is 4.90 Å². The number of Topliss-reactive ketones (excluding diaryl/α,β-unsaturated/α-hetero) is 1. The van der Waals surface area contributed by atoms with E-state index < -0.39 is 11.7 Å². The van der Waals surface area contributed by atoms with Crippen LogP contribution in [0.1, 0.15) is 46.9 Å². The summed E-state index contributed by atoms with van der Waals surface area (Å²) in [4.78, 5) is 25.9. The molecule has 0 saturated heterocycles. The number of carbonyl (C=O) groups excluding carboxylic acids is 2. The minimum absolute atomic E-state index is 0.313. The van der Waals surface area contributed by atoms with E-state index in [1.54, 1.807) is 29.1 Å². The predicted octanol–water partition coefficient (Wildman–Crippen LogP) is 3.52. The van der Waals surface area contributed by atoms with Gasteiger partial charge in [0.2, 0.25) is 0 Å². The minimum atomic E-state index is -0.500. The van der Waals surface area contributed by atoms with Crippen molar-refractivity contribution in [2.45, 2.75) is 39.8 Å². The highest BCUT2D eigenvalue weighted by molar-refractivity contribution is 6.52. The molecule has 30 heavy (non-hydrogen) atoms. The average Bonchev–Trinajstić information content (AvgIpc) is 3.28. The first-order valence-corrected chi connectivity index (χ1v) is 10.0. The molecule has 2 aromatic carbocycles. The average molecular weight is 404 g/mol. The standard InChI is InChI=1S/C23H24N4O3/c1-15(2)18-9-8-16(3)12-21(18)30-14-17-13-26(25-24-17)10-11-27-20-7-5-4-6-19(20)22(28)23(27)29/h4-9,12-13,15H,10-11,14H2,1-3H3. The summed E-state index contributed by atoms with van der Waals surface area (Å²) in [6, 6.07) is 13.3. The number of anilines is 1. The van der Waals surface area contributed by atoms with Gasteiger partial charge in [0.15, 0.2) is 0 Å². The second-order valence-corrected chi connectivity index (χ2v) is 7.76. The van der Waals surface area contributed by atoms with Crippen LogP contribution in [0.15, 0.2) is 48.7 Å². The SMILES string of the molecule is Cc1ccc(C(C)C)c(OCc2cn(CCN3C(=O)C(=O)c4ccccc43)nn2)c1. The number of rotatable bonds is 7. The lowest BCUT2D eigenvalue weighted by molar-refractivity contribution is -0.114. The van der Waals surface area contributed by atoms with E-state index in [1.807, 2.05) is 19.1 Å². The molecule has 0 saturated carbocycles. The number of amides is 1. The number of hydrogen-bond donors (Lipinski definition) is 0. The number of benzene rings is 2. The Balaban J connectivity index is 1.40. The highest BCUT2D eigenvalue weighted by Gasteiger charge is 2.35. The number of para-hydroxylation sites is 1. The maximum atomic E-state index is 12.3. The molecule has 7 nitrogen and oxygen atoms in total. The largest absolute Gasteiger partial charge is 0.487 e. The lowest BCUT2D eigenvalue weighted by Crippen LogP contribution is -2.32. The Kier molecular flexibility index (Phi) is 5.35. The fourth-order valence-corrected chi connectivity index (χ4v) is 3.58. The van der Waals surface area contributed by atoms with E-state index in [-0.39, 0.29) is 0 Å². The second-order valence-electron chi connectivity index (χ2n) is 7.76. The van der Waals surface area contributed by atoms with Crippen molar-refractivity contribution in [2.75, 3.05) is 11.4 Å². The Labute approximate surface area is 175 Å². The molecule has 1 aromatic heterocycles. The van der Waals surface area contributed by atoms with Crippen LogP contribution < -0.4 is 9.64 Å². The van der Waals surface area contributed by atoms with Gasteiger partial charge in [0.05, 0.1) is 24.0 Å². The van der Waals surface area contributed by atoms with Crippen molar-refractivity contribution in [1.29, 1.82) is 0 Å². The van der Waals surface area contributed by atoms with Crippen molar-refractivity contribution < 1.29 is 14.3 Å². The number of hydrogen-bond acceptors (Lipinski definition) is 5. The van der Waals surface area contributed by atoms with Crippen molar-refractivity contribution in [1.82, 2.24) is 15.0 Å². The summed E-state index contributed by atoms with van der Waals surface area (Å²) in [6.07, 6.45) is 1.80. The Bertz CT molecular complexity index is 1100. The van der Waals surface area contributed by atoms with Crippen LogP contribution in [0.4, 0.5) is 5.69 Å². The molecular weight excluding hydrogens is 380 g/mol. The van der Waals surface area contributed by atoms with E-state index >= 15 is 0 Å². The number of nitrogens with zero attached hydrogens (tertiary/aromatic N) is 4. The van der Waals surface area contributed by atoms with E-state index in [0.717, 1.165) is 16.9 Å². The number of aryl methyl sites for hydroxylation is 1. The molecule has 0 atom stereocenters. The van der Waals surface area contributed by atoms with Crippen LogP contribution in [-0.4, -0.2) is 33.2 Å². The van der Waals surface area contributed by atoms with Crippen molar-refractivity contribution in [2.24, 2.45) is 0 Å². The quantitative estimate of drug-likeness (QED) is 0.563. The van der Waals surface area contributed by atoms with Crippen molar-refractivity contribution >= 4 is 17.4 Å². The minimum Gasteiger partial charge on any atom is -0.487 e. The van der Waals surface area contributed by atoms with Gasteiger partial charge in [-0.3, -0.25) is 14.3 Å². The van der Waals surface area contributed by atoms with E-state index in [0.29, 0.717) is 42.6 Å². The van der Waals surface area contributed by atoms with E-state index in [9.17, 15) is 9.59 Å². The highest BCUT2D eigenvalue weighted by Crippen LogP contribution is 2.29. The fourth-order valence-electron chi connectivity index (χ4n) is 3.58. The van der Waals surface area contributed by atoms with Gasteiger partial charge < -0.3 is 9.64 Å². The van der Waals surface area contributed by atoms with Crippen LogP contribution in [0.5, 0.6) is 5.75 Å². The zero-order valence-corrected chi connectivity index (χ0v) is 17.3.